The number of rotatable bonds is 6. The molecular weight excluding hydrogens is 228 g/mol. The molecule has 1 N–H and O–H groups in total. The number of hydrogen-bond acceptors (Lipinski definition) is 4. The van der Waals surface area contributed by atoms with Gasteiger partial charge in [-0.2, -0.15) is 0 Å². The lowest BCUT2D eigenvalue weighted by atomic mass is 10.1. The van der Waals surface area contributed by atoms with Crippen LogP contribution in [0.5, 0.6) is 0 Å². The molecule has 2 aliphatic heterocycles. The highest BCUT2D eigenvalue weighted by atomic mass is 16.5. The third-order valence-electron chi connectivity index (χ3n) is 4.20. The topological polar surface area (TPSA) is 33.7 Å². The van der Waals surface area contributed by atoms with Crippen molar-refractivity contribution in [2.24, 2.45) is 0 Å². The lowest BCUT2D eigenvalue weighted by molar-refractivity contribution is 0.0169. The molecule has 3 unspecified atom stereocenters. The minimum Gasteiger partial charge on any atom is -0.380 e. The van der Waals surface area contributed by atoms with Gasteiger partial charge in [0.2, 0.25) is 0 Å². The van der Waals surface area contributed by atoms with Crippen molar-refractivity contribution in [2.45, 2.75) is 50.9 Å². The molecule has 2 heterocycles. The van der Waals surface area contributed by atoms with Crippen LogP contribution in [0.4, 0.5) is 0 Å². The summed E-state index contributed by atoms with van der Waals surface area (Å²) in [5, 5.41) is 3.55. The highest BCUT2D eigenvalue weighted by Gasteiger charge is 2.23. The summed E-state index contributed by atoms with van der Waals surface area (Å²) in [6.45, 7) is 7.61. The molecule has 18 heavy (non-hydrogen) atoms. The lowest BCUT2D eigenvalue weighted by Gasteiger charge is -2.36. The Kier molecular flexibility index (Phi) is 5.89. The normalized spacial score (nSPS) is 31.7. The van der Waals surface area contributed by atoms with E-state index < -0.39 is 0 Å². The van der Waals surface area contributed by atoms with Gasteiger partial charge >= 0.3 is 0 Å². The SMILES string of the molecule is COC1CCCN(C(C)CNCC2CCCO2)C1. The van der Waals surface area contributed by atoms with Gasteiger partial charge in [-0.05, 0) is 39.2 Å². The molecule has 4 nitrogen and oxygen atoms in total. The van der Waals surface area contributed by atoms with E-state index in [-0.39, 0.29) is 0 Å². The predicted molar refractivity (Wildman–Crippen MR) is 72.9 cm³/mol. The lowest BCUT2D eigenvalue weighted by Crippen LogP contribution is -2.48. The van der Waals surface area contributed by atoms with Crippen molar-refractivity contribution >= 4 is 0 Å². The number of ether oxygens (including phenoxy) is 2. The van der Waals surface area contributed by atoms with Gasteiger partial charge in [0.1, 0.15) is 0 Å². The highest BCUT2D eigenvalue weighted by molar-refractivity contribution is 4.79. The summed E-state index contributed by atoms with van der Waals surface area (Å²) < 4.78 is 11.1. The van der Waals surface area contributed by atoms with Crippen LogP contribution in [-0.2, 0) is 9.47 Å². The molecule has 0 aromatic heterocycles. The molecule has 2 fully saturated rings. The first-order valence-electron chi connectivity index (χ1n) is 7.38. The first-order chi connectivity index (χ1) is 8.79. The Hall–Kier alpha value is -0.160. The van der Waals surface area contributed by atoms with Crippen molar-refractivity contribution < 1.29 is 9.47 Å². The van der Waals surface area contributed by atoms with Gasteiger partial charge in [-0.25, -0.2) is 0 Å². The summed E-state index contributed by atoms with van der Waals surface area (Å²) in [4.78, 5) is 2.54. The number of likely N-dealkylation sites (tertiary alicyclic amines) is 1. The zero-order chi connectivity index (χ0) is 12.8. The van der Waals surface area contributed by atoms with E-state index in [1.165, 1.54) is 32.2 Å². The summed E-state index contributed by atoms with van der Waals surface area (Å²) in [5.41, 5.74) is 0. The second-order valence-corrected chi connectivity index (χ2v) is 5.64. The molecule has 0 bridgehead atoms. The molecule has 0 amide bonds. The molecule has 2 saturated heterocycles. The van der Waals surface area contributed by atoms with Crippen LogP contribution in [0.1, 0.15) is 32.6 Å². The molecular formula is C14H28N2O2. The maximum absolute atomic E-state index is 5.62. The van der Waals surface area contributed by atoms with Gasteiger partial charge in [0, 0.05) is 39.4 Å². The van der Waals surface area contributed by atoms with Crippen molar-refractivity contribution in [1.29, 1.82) is 0 Å². The average molecular weight is 256 g/mol. The number of hydrogen-bond donors (Lipinski definition) is 1. The molecule has 106 valence electrons. The smallest absolute Gasteiger partial charge is 0.0700 e. The van der Waals surface area contributed by atoms with Crippen LogP contribution in [-0.4, -0.2) is 63.0 Å². The van der Waals surface area contributed by atoms with Gasteiger partial charge in [0.25, 0.3) is 0 Å². The monoisotopic (exact) mass is 256 g/mol. The number of nitrogens with one attached hydrogen (secondary N) is 1. The Balaban J connectivity index is 1.62. The fourth-order valence-electron chi connectivity index (χ4n) is 2.95. The molecule has 0 aromatic carbocycles. The van der Waals surface area contributed by atoms with Crippen molar-refractivity contribution in [1.82, 2.24) is 10.2 Å². The molecule has 0 radical (unpaired) electrons. The molecule has 4 heteroatoms. The minimum absolute atomic E-state index is 0.430. The van der Waals surface area contributed by atoms with E-state index in [0.29, 0.717) is 18.2 Å². The molecule has 3 atom stereocenters. The first kappa shape index (κ1) is 14.3. The van der Waals surface area contributed by atoms with Gasteiger partial charge in [-0.15, -0.1) is 0 Å². The molecule has 0 spiro atoms. The van der Waals surface area contributed by atoms with Gasteiger partial charge < -0.3 is 14.8 Å². The van der Waals surface area contributed by atoms with E-state index in [1.807, 2.05) is 7.11 Å². The summed E-state index contributed by atoms with van der Waals surface area (Å²) in [6, 6.07) is 0.587. The van der Waals surface area contributed by atoms with Crippen molar-refractivity contribution in [3.8, 4) is 0 Å². The van der Waals surface area contributed by atoms with Crippen LogP contribution in [0.25, 0.3) is 0 Å². The van der Waals surface area contributed by atoms with E-state index in [2.05, 4.69) is 17.1 Å². The van der Waals surface area contributed by atoms with Crippen LogP contribution in [0.15, 0.2) is 0 Å². The number of methoxy groups -OCH3 is 1. The van der Waals surface area contributed by atoms with Crippen molar-refractivity contribution in [2.75, 3.05) is 39.9 Å². The molecule has 0 aliphatic carbocycles. The van der Waals surface area contributed by atoms with Crippen LogP contribution < -0.4 is 5.32 Å². The van der Waals surface area contributed by atoms with Crippen LogP contribution in [0, 0.1) is 0 Å². The van der Waals surface area contributed by atoms with E-state index in [0.717, 1.165) is 26.2 Å². The Morgan fingerprint density at radius 2 is 2.28 bits per heavy atom. The molecule has 2 aliphatic rings. The fourth-order valence-corrected chi connectivity index (χ4v) is 2.95. The Morgan fingerprint density at radius 1 is 1.39 bits per heavy atom. The summed E-state index contributed by atoms with van der Waals surface area (Å²) in [6.07, 6.45) is 5.79. The van der Waals surface area contributed by atoms with Crippen LogP contribution in [0.3, 0.4) is 0 Å². The standard InChI is InChI=1S/C14H28N2O2/c1-12(9-15-10-13-6-4-8-18-13)16-7-3-5-14(11-16)17-2/h12-15H,3-11H2,1-2H3. The van der Waals surface area contributed by atoms with Crippen molar-refractivity contribution in [3.05, 3.63) is 0 Å². The predicted octanol–water partition coefficient (Wildman–Crippen LogP) is 1.25. The largest absolute Gasteiger partial charge is 0.380 e. The number of nitrogens with zero attached hydrogens (tertiary/aromatic N) is 1. The maximum atomic E-state index is 5.62. The van der Waals surface area contributed by atoms with E-state index in [4.69, 9.17) is 9.47 Å². The molecule has 2 rings (SSSR count). The maximum Gasteiger partial charge on any atom is 0.0700 e. The first-order valence-corrected chi connectivity index (χ1v) is 7.38. The third kappa shape index (κ3) is 4.19. The second-order valence-electron chi connectivity index (χ2n) is 5.64. The minimum atomic E-state index is 0.430. The van der Waals surface area contributed by atoms with Crippen molar-refractivity contribution in [3.63, 3.8) is 0 Å². The van der Waals surface area contributed by atoms with E-state index in [9.17, 15) is 0 Å². The summed E-state index contributed by atoms with van der Waals surface area (Å²) in [5.74, 6) is 0. The quantitative estimate of drug-likeness (QED) is 0.775. The van der Waals surface area contributed by atoms with Gasteiger partial charge in [0.05, 0.1) is 12.2 Å². The molecule has 0 saturated carbocycles. The number of piperidine rings is 1. The zero-order valence-corrected chi connectivity index (χ0v) is 11.9. The summed E-state index contributed by atoms with van der Waals surface area (Å²) in [7, 11) is 1.83. The van der Waals surface area contributed by atoms with E-state index >= 15 is 0 Å². The van der Waals surface area contributed by atoms with Crippen LogP contribution in [0.2, 0.25) is 0 Å². The van der Waals surface area contributed by atoms with E-state index in [1.54, 1.807) is 0 Å². The Labute approximate surface area is 111 Å². The van der Waals surface area contributed by atoms with Crippen LogP contribution >= 0.6 is 0 Å². The highest BCUT2D eigenvalue weighted by Crippen LogP contribution is 2.15. The zero-order valence-electron chi connectivity index (χ0n) is 11.9. The Bertz CT molecular complexity index is 232. The van der Waals surface area contributed by atoms with Gasteiger partial charge in [0.15, 0.2) is 0 Å². The summed E-state index contributed by atoms with van der Waals surface area (Å²) >= 11 is 0. The third-order valence-corrected chi connectivity index (χ3v) is 4.20. The fraction of sp³-hybridized carbons (Fsp3) is 1.00. The van der Waals surface area contributed by atoms with Gasteiger partial charge in [-0.1, -0.05) is 0 Å². The average Bonchev–Trinajstić information content (AvgIpc) is 2.92. The van der Waals surface area contributed by atoms with Gasteiger partial charge in [-0.3, -0.25) is 4.90 Å². The Morgan fingerprint density at radius 3 is 3.00 bits per heavy atom. The second kappa shape index (κ2) is 7.43. The molecule has 0 aromatic rings.